The van der Waals surface area contributed by atoms with Crippen molar-refractivity contribution in [3.63, 3.8) is 0 Å². The Morgan fingerprint density at radius 3 is 2.32 bits per heavy atom. The van der Waals surface area contributed by atoms with Crippen LogP contribution in [0.2, 0.25) is 0 Å². The van der Waals surface area contributed by atoms with E-state index in [0.717, 1.165) is 18.3 Å². The zero-order valence-electron chi connectivity index (χ0n) is 14.8. The average Bonchev–Trinajstić information content (AvgIpc) is 2.58. The fourth-order valence-corrected chi connectivity index (χ4v) is 3.83. The number of hydrogen-bond acceptors (Lipinski definition) is 1. The third-order valence-electron chi connectivity index (χ3n) is 5.42. The van der Waals surface area contributed by atoms with Crippen LogP contribution in [0.25, 0.3) is 0 Å². The van der Waals surface area contributed by atoms with Crippen molar-refractivity contribution in [2.24, 2.45) is 5.92 Å². The molecule has 0 aliphatic heterocycles. The molecule has 0 spiro atoms. The third-order valence-corrected chi connectivity index (χ3v) is 5.42. The molecule has 124 valence electrons. The van der Waals surface area contributed by atoms with Gasteiger partial charge in [-0.05, 0) is 62.0 Å². The van der Waals surface area contributed by atoms with Gasteiger partial charge in [-0.1, -0.05) is 58.4 Å². The van der Waals surface area contributed by atoms with Gasteiger partial charge in [-0.25, -0.2) is 0 Å². The molecule has 0 radical (unpaired) electrons. The smallest absolute Gasteiger partial charge is 0.0403 e. The number of aromatic nitrogens is 1. The van der Waals surface area contributed by atoms with Crippen LogP contribution in [0.15, 0.2) is 18.3 Å². The number of hydrogen-bond donors (Lipinski definition) is 0. The van der Waals surface area contributed by atoms with Gasteiger partial charge in [0.2, 0.25) is 0 Å². The Balaban J connectivity index is 1.72. The highest BCUT2D eigenvalue weighted by atomic mass is 14.7. The van der Waals surface area contributed by atoms with E-state index in [2.05, 4.69) is 37.2 Å². The first-order valence-electron chi connectivity index (χ1n) is 9.78. The summed E-state index contributed by atoms with van der Waals surface area (Å²) in [6.07, 6.45) is 18.6. The lowest BCUT2D eigenvalue weighted by Crippen LogP contribution is -2.13. The van der Waals surface area contributed by atoms with Crippen LogP contribution in [-0.4, -0.2) is 4.98 Å². The molecule has 1 nitrogen and oxygen atoms in total. The molecule has 0 N–H and O–H groups in total. The van der Waals surface area contributed by atoms with Crippen molar-refractivity contribution in [3.8, 4) is 0 Å². The van der Waals surface area contributed by atoms with Gasteiger partial charge < -0.3 is 0 Å². The second-order valence-electron chi connectivity index (χ2n) is 7.25. The van der Waals surface area contributed by atoms with E-state index in [9.17, 15) is 0 Å². The summed E-state index contributed by atoms with van der Waals surface area (Å²) < 4.78 is 0. The molecule has 1 aromatic rings. The number of aryl methyl sites for hydroxylation is 1. The first kappa shape index (κ1) is 17.5. The van der Waals surface area contributed by atoms with Crippen LogP contribution in [0.3, 0.4) is 0 Å². The van der Waals surface area contributed by atoms with Gasteiger partial charge in [0.15, 0.2) is 0 Å². The highest BCUT2D eigenvalue weighted by Gasteiger charge is 2.22. The SMILES string of the molecule is CCCCCCC1CCC(c2ccc(CCCC)nc2)CC1. The van der Waals surface area contributed by atoms with Gasteiger partial charge >= 0.3 is 0 Å². The molecule has 0 unspecified atom stereocenters. The van der Waals surface area contributed by atoms with Gasteiger partial charge in [-0.2, -0.15) is 0 Å². The van der Waals surface area contributed by atoms with E-state index in [0.29, 0.717) is 0 Å². The lowest BCUT2D eigenvalue weighted by Gasteiger charge is -2.28. The van der Waals surface area contributed by atoms with Crippen molar-refractivity contribution in [3.05, 3.63) is 29.6 Å². The second-order valence-corrected chi connectivity index (χ2v) is 7.25. The molecule has 0 saturated heterocycles. The standard InChI is InChI=1S/C21H35N/c1-3-5-7-8-9-18-11-13-19(14-12-18)20-15-16-21(22-17-20)10-6-4-2/h15-19H,3-14H2,1-2H3. The molecule has 22 heavy (non-hydrogen) atoms. The third kappa shape index (κ3) is 5.74. The van der Waals surface area contributed by atoms with Crippen molar-refractivity contribution in [1.82, 2.24) is 4.98 Å². The predicted molar refractivity (Wildman–Crippen MR) is 96.3 cm³/mol. The molecular weight excluding hydrogens is 266 g/mol. The van der Waals surface area contributed by atoms with E-state index in [1.807, 2.05) is 0 Å². The van der Waals surface area contributed by atoms with Crippen molar-refractivity contribution in [1.29, 1.82) is 0 Å². The molecular formula is C21H35N. The van der Waals surface area contributed by atoms with Crippen molar-refractivity contribution >= 4 is 0 Å². The fourth-order valence-electron chi connectivity index (χ4n) is 3.83. The van der Waals surface area contributed by atoms with Crippen LogP contribution >= 0.6 is 0 Å². The Labute approximate surface area is 137 Å². The highest BCUT2D eigenvalue weighted by molar-refractivity contribution is 5.19. The molecule has 0 aromatic carbocycles. The highest BCUT2D eigenvalue weighted by Crippen LogP contribution is 2.37. The molecule has 1 aliphatic carbocycles. The molecule has 1 aliphatic rings. The largest absolute Gasteiger partial charge is 0.261 e. The number of nitrogens with zero attached hydrogens (tertiary/aromatic N) is 1. The maximum absolute atomic E-state index is 4.68. The Kier molecular flexibility index (Phi) is 7.98. The van der Waals surface area contributed by atoms with E-state index in [1.54, 1.807) is 0 Å². The van der Waals surface area contributed by atoms with Crippen LogP contribution in [-0.2, 0) is 6.42 Å². The molecule has 1 fully saturated rings. The van der Waals surface area contributed by atoms with Crippen LogP contribution in [0.4, 0.5) is 0 Å². The Morgan fingerprint density at radius 1 is 0.909 bits per heavy atom. The summed E-state index contributed by atoms with van der Waals surface area (Å²) in [6.45, 7) is 4.54. The van der Waals surface area contributed by atoms with Crippen molar-refractivity contribution in [2.75, 3.05) is 0 Å². The van der Waals surface area contributed by atoms with E-state index in [4.69, 9.17) is 0 Å². The summed E-state index contributed by atoms with van der Waals surface area (Å²) in [5.74, 6) is 1.78. The molecule has 0 amide bonds. The molecule has 1 heterocycles. The summed E-state index contributed by atoms with van der Waals surface area (Å²) in [4.78, 5) is 4.68. The van der Waals surface area contributed by atoms with E-state index in [1.165, 1.54) is 81.9 Å². The molecule has 0 atom stereocenters. The minimum atomic E-state index is 0.777. The van der Waals surface area contributed by atoms with Crippen molar-refractivity contribution in [2.45, 2.75) is 96.8 Å². The number of unbranched alkanes of at least 4 members (excludes halogenated alkanes) is 4. The second kappa shape index (κ2) is 10.0. The normalized spacial score (nSPS) is 21.9. The summed E-state index contributed by atoms with van der Waals surface area (Å²) in [5.41, 5.74) is 2.76. The first-order valence-corrected chi connectivity index (χ1v) is 9.78. The zero-order valence-corrected chi connectivity index (χ0v) is 14.8. The monoisotopic (exact) mass is 301 g/mol. The zero-order chi connectivity index (χ0) is 15.6. The van der Waals surface area contributed by atoms with Gasteiger partial charge in [0, 0.05) is 11.9 Å². The Bertz CT molecular complexity index is 387. The number of rotatable bonds is 9. The Hall–Kier alpha value is -0.850. The van der Waals surface area contributed by atoms with Gasteiger partial charge in [0.25, 0.3) is 0 Å². The lowest BCUT2D eigenvalue weighted by atomic mass is 9.77. The van der Waals surface area contributed by atoms with Crippen LogP contribution in [0.1, 0.15) is 102 Å². The van der Waals surface area contributed by atoms with Crippen LogP contribution in [0.5, 0.6) is 0 Å². The Morgan fingerprint density at radius 2 is 1.68 bits per heavy atom. The quantitative estimate of drug-likeness (QED) is 0.464. The predicted octanol–water partition coefficient (Wildman–Crippen LogP) is 6.67. The van der Waals surface area contributed by atoms with E-state index >= 15 is 0 Å². The maximum Gasteiger partial charge on any atom is 0.0403 e. The molecule has 1 heteroatoms. The fraction of sp³-hybridized carbons (Fsp3) is 0.762. The minimum Gasteiger partial charge on any atom is -0.261 e. The molecule has 1 saturated carbocycles. The van der Waals surface area contributed by atoms with Crippen LogP contribution < -0.4 is 0 Å². The van der Waals surface area contributed by atoms with E-state index < -0.39 is 0 Å². The molecule has 2 rings (SSSR count). The summed E-state index contributed by atoms with van der Waals surface area (Å²) in [7, 11) is 0. The van der Waals surface area contributed by atoms with Gasteiger partial charge in [0.1, 0.15) is 0 Å². The lowest BCUT2D eigenvalue weighted by molar-refractivity contribution is 0.302. The van der Waals surface area contributed by atoms with Gasteiger partial charge in [0.05, 0.1) is 0 Å². The van der Waals surface area contributed by atoms with Crippen molar-refractivity contribution < 1.29 is 0 Å². The van der Waals surface area contributed by atoms with Gasteiger partial charge in [-0.15, -0.1) is 0 Å². The first-order chi connectivity index (χ1) is 10.8. The summed E-state index contributed by atoms with van der Waals surface area (Å²) in [5, 5.41) is 0. The maximum atomic E-state index is 4.68. The molecule has 0 bridgehead atoms. The van der Waals surface area contributed by atoms with E-state index in [-0.39, 0.29) is 0 Å². The van der Waals surface area contributed by atoms with Crippen LogP contribution in [0, 0.1) is 5.92 Å². The summed E-state index contributed by atoms with van der Waals surface area (Å²) >= 11 is 0. The minimum absolute atomic E-state index is 0.777. The molecule has 1 aromatic heterocycles. The van der Waals surface area contributed by atoms with Gasteiger partial charge in [-0.3, -0.25) is 4.98 Å². The number of pyridine rings is 1. The average molecular weight is 302 g/mol. The topological polar surface area (TPSA) is 12.9 Å². The summed E-state index contributed by atoms with van der Waals surface area (Å²) in [6, 6.07) is 4.62.